The van der Waals surface area contributed by atoms with Crippen LogP contribution in [0, 0.1) is 22.8 Å². The predicted octanol–water partition coefficient (Wildman–Crippen LogP) is 5.26. The lowest BCUT2D eigenvalue weighted by atomic mass is 9.52. The van der Waals surface area contributed by atoms with Crippen molar-refractivity contribution in [1.29, 1.82) is 0 Å². The number of piperazine rings is 1. The van der Waals surface area contributed by atoms with E-state index in [1.54, 1.807) is 18.2 Å². The van der Waals surface area contributed by atoms with Crippen LogP contribution in [0.5, 0.6) is 0 Å². The molecule has 6 aliphatic heterocycles. The van der Waals surface area contributed by atoms with Gasteiger partial charge in [-0.15, -0.1) is 0 Å². The van der Waals surface area contributed by atoms with Crippen LogP contribution in [-0.2, 0) is 19.2 Å². The van der Waals surface area contributed by atoms with E-state index >= 15 is 0 Å². The Hall–Kier alpha value is -5.00. The number of rotatable bonds is 6. The molecule has 3 saturated carbocycles. The SMILES string of the molecule is [C-]#[N+]c1ccc(N2CCC3(CCN(C(=O)C45CCC(C(=O)N6CCN(C7CCN(c8ccc9c(c8)C(=O)N(C8CCC(=O)NC8=O)C9=O)CC7)CC6)(CC4)CC5)CC3)C2)cc1Cl. The monoisotopic (exact) mass is 862 g/mol. The van der Waals surface area contributed by atoms with Gasteiger partial charge in [-0.2, -0.15) is 0 Å². The molecule has 9 aliphatic rings. The zero-order valence-electron chi connectivity index (χ0n) is 35.3. The van der Waals surface area contributed by atoms with Crippen molar-refractivity contribution in [3.8, 4) is 0 Å². The van der Waals surface area contributed by atoms with Gasteiger partial charge in [0, 0.05) is 105 Å². The van der Waals surface area contributed by atoms with Crippen molar-refractivity contribution in [2.75, 3.05) is 75.2 Å². The summed E-state index contributed by atoms with van der Waals surface area (Å²) in [5.41, 5.74) is 2.54. The van der Waals surface area contributed by atoms with E-state index in [-0.39, 0.29) is 34.7 Å². The second-order valence-corrected chi connectivity index (χ2v) is 19.9. The Kier molecular flexibility index (Phi) is 10.4. The molecule has 3 aliphatic carbocycles. The molecule has 326 valence electrons. The lowest BCUT2D eigenvalue weighted by Gasteiger charge is -2.55. The van der Waals surface area contributed by atoms with Gasteiger partial charge in [-0.05, 0) is 113 Å². The smallest absolute Gasteiger partial charge is 0.262 e. The van der Waals surface area contributed by atoms with Crippen LogP contribution in [0.2, 0.25) is 5.02 Å². The molecule has 2 aromatic carbocycles. The number of amides is 6. The minimum atomic E-state index is -0.982. The molecular weight excluding hydrogens is 808 g/mol. The van der Waals surface area contributed by atoms with Crippen molar-refractivity contribution < 1.29 is 28.8 Å². The average Bonchev–Trinajstić information content (AvgIpc) is 3.83. The molecule has 6 heterocycles. The third-order valence-corrected chi connectivity index (χ3v) is 16.8. The summed E-state index contributed by atoms with van der Waals surface area (Å²) in [6.07, 6.45) is 10.0. The standard InChI is InChI=1S/C47H55ClN8O6/c1-49-37-5-3-33(29-36(37)48)55-23-18-45(30-55)16-21-53(22-17-45)43(61)46-10-13-47(14-11-46,15-12-46)44(62)54-26-24-52(25-27-54)31-8-19-51(20-9-31)32-2-4-34-35(28-32)42(60)56(41(34)59)38-6-7-39(57)50-40(38)58/h2-5,28-29,31,38H,6-27,30H2,(H,50,57,58). The first-order valence-corrected chi connectivity index (χ1v) is 23.1. The largest absolute Gasteiger partial charge is 0.371 e. The minimum Gasteiger partial charge on any atom is -0.371 e. The molecule has 1 atom stereocenters. The number of benzene rings is 2. The van der Waals surface area contributed by atoms with Gasteiger partial charge in [0.05, 0.1) is 17.7 Å². The number of nitrogens with one attached hydrogen (secondary N) is 1. The summed E-state index contributed by atoms with van der Waals surface area (Å²) in [5.74, 6) is -1.38. The zero-order chi connectivity index (χ0) is 43.0. The maximum atomic E-state index is 14.3. The first kappa shape index (κ1) is 41.0. The van der Waals surface area contributed by atoms with E-state index in [1.807, 2.05) is 18.2 Å². The molecule has 1 spiro atoms. The third kappa shape index (κ3) is 6.94. The van der Waals surface area contributed by atoms with Gasteiger partial charge in [-0.3, -0.25) is 43.9 Å². The number of carbonyl (C=O) groups excluding carboxylic acids is 6. The van der Waals surface area contributed by atoms with Crippen molar-refractivity contribution in [3.05, 3.63) is 64.0 Å². The van der Waals surface area contributed by atoms with Crippen LogP contribution in [0.1, 0.15) is 104 Å². The molecule has 2 bridgehead atoms. The van der Waals surface area contributed by atoms with Crippen LogP contribution >= 0.6 is 11.6 Å². The Morgan fingerprint density at radius 3 is 1.85 bits per heavy atom. The maximum absolute atomic E-state index is 14.3. The second-order valence-electron chi connectivity index (χ2n) is 19.5. The summed E-state index contributed by atoms with van der Waals surface area (Å²) >= 11 is 6.36. The molecule has 5 saturated heterocycles. The highest BCUT2D eigenvalue weighted by molar-refractivity contribution is 6.33. The first-order chi connectivity index (χ1) is 29.9. The van der Waals surface area contributed by atoms with E-state index in [0.29, 0.717) is 34.1 Å². The summed E-state index contributed by atoms with van der Waals surface area (Å²) in [4.78, 5) is 95.2. The van der Waals surface area contributed by atoms with Gasteiger partial charge in [-0.1, -0.05) is 17.7 Å². The molecule has 11 rings (SSSR count). The van der Waals surface area contributed by atoms with E-state index in [0.717, 1.165) is 152 Å². The summed E-state index contributed by atoms with van der Waals surface area (Å²) in [5, 5.41) is 2.75. The lowest BCUT2D eigenvalue weighted by molar-refractivity contribution is -0.165. The number of piperidine rings is 3. The first-order valence-electron chi connectivity index (χ1n) is 22.8. The molecule has 8 fully saturated rings. The molecular formula is C47H55ClN8O6. The third-order valence-electron chi connectivity index (χ3n) is 16.5. The Labute approximate surface area is 367 Å². The van der Waals surface area contributed by atoms with Crippen molar-refractivity contribution >= 4 is 64.1 Å². The highest BCUT2D eigenvalue weighted by Gasteiger charge is 2.58. The summed E-state index contributed by atoms with van der Waals surface area (Å²) in [6.45, 7) is 15.6. The summed E-state index contributed by atoms with van der Waals surface area (Å²) < 4.78 is 0. The van der Waals surface area contributed by atoms with Gasteiger partial charge in [0.2, 0.25) is 29.3 Å². The Bertz CT molecular complexity index is 2240. The number of nitrogens with zero attached hydrogens (tertiary/aromatic N) is 7. The van der Waals surface area contributed by atoms with Crippen LogP contribution in [-0.4, -0.2) is 133 Å². The number of carbonyl (C=O) groups is 6. The van der Waals surface area contributed by atoms with Gasteiger partial charge in [0.1, 0.15) is 6.04 Å². The number of likely N-dealkylation sites (tertiary alicyclic amines) is 1. The molecule has 0 aromatic heterocycles. The van der Waals surface area contributed by atoms with E-state index in [2.05, 4.69) is 34.7 Å². The fraction of sp³-hybridized carbons (Fsp3) is 0.596. The number of hydrogen-bond donors (Lipinski definition) is 1. The maximum Gasteiger partial charge on any atom is 0.262 e. The van der Waals surface area contributed by atoms with Gasteiger partial charge < -0.3 is 19.6 Å². The summed E-state index contributed by atoms with van der Waals surface area (Å²) in [6, 6.07) is 10.5. The van der Waals surface area contributed by atoms with Crippen LogP contribution in [0.15, 0.2) is 36.4 Å². The van der Waals surface area contributed by atoms with E-state index in [9.17, 15) is 28.8 Å². The highest BCUT2D eigenvalue weighted by Crippen LogP contribution is 2.59. The molecule has 15 heteroatoms. The van der Waals surface area contributed by atoms with Crippen LogP contribution < -0.4 is 15.1 Å². The fourth-order valence-corrected chi connectivity index (χ4v) is 12.7. The van der Waals surface area contributed by atoms with Crippen molar-refractivity contribution in [1.82, 2.24) is 24.9 Å². The number of fused-ring (bicyclic) bond motifs is 4. The molecule has 14 nitrogen and oxygen atoms in total. The van der Waals surface area contributed by atoms with E-state index in [4.69, 9.17) is 18.2 Å². The average molecular weight is 863 g/mol. The van der Waals surface area contributed by atoms with Crippen LogP contribution in [0.4, 0.5) is 17.1 Å². The zero-order valence-corrected chi connectivity index (χ0v) is 36.1. The minimum absolute atomic E-state index is 0.0868. The Morgan fingerprint density at radius 1 is 0.661 bits per heavy atom. The van der Waals surface area contributed by atoms with E-state index in [1.165, 1.54) is 0 Å². The number of hydrogen-bond acceptors (Lipinski definition) is 9. The molecule has 6 amide bonds. The number of halogens is 1. The Balaban J connectivity index is 0.679. The Morgan fingerprint density at radius 2 is 1.24 bits per heavy atom. The van der Waals surface area contributed by atoms with E-state index < -0.39 is 29.7 Å². The number of anilines is 2. The lowest BCUT2D eigenvalue weighted by Crippen LogP contribution is -2.60. The van der Waals surface area contributed by atoms with Crippen molar-refractivity contribution in [3.63, 3.8) is 0 Å². The highest BCUT2D eigenvalue weighted by atomic mass is 35.5. The normalized spacial score (nSPS) is 29.0. The van der Waals surface area contributed by atoms with Gasteiger partial charge in [-0.25, -0.2) is 4.85 Å². The van der Waals surface area contributed by atoms with Crippen LogP contribution in [0.3, 0.4) is 0 Å². The molecule has 1 unspecified atom stereocenters. The topological polar surface area (TPSA) is 138 Å². The van der Waals surface area contributed by atoms with Crippen molar-refractivity contribution in [2.24, 2.45) is 16.2 Å². The quantitative estimate of drug-likeness (QED) is 0.305. The van der Waals surface area contributed by atoms with Crippen LogP contribution in [0.25, 0.3) is 4.85 Å². The number of imide groups is 2. The van der Waals surface area contributed by atoms with Gasteiger partial charge >= 0.3 is 0 Å². The molecule has 2 aromatic rings. The predicted molar refractivity (Wildman–Crippen MR) is 232 cm³/mol. The molecule has 0 radical (unpaired) electrons. The fourth-order valence-electron chi connectivity index (χ4n) is 12.5. The van der Waals surface area contributed by atoms with Gasteiger partial charge in [0.25, 0.3) is 11.8 Å². The molecule has 1 N–H and O–H groups in total. The molecule has 62 heavy (non-hydrogen) atoms. The second kappa shape index (κ2) is 15.7. The van der Waals surface area contributed by atoms with Crippen molar-refractivity contribution in [2.45, 2.75) is 95.6 Å². The summed E-state index contributed by atoms with van der Waals surface area (Å²) in [7, 11) is 0. The van der Waals surface area contributed by atoms with Gasteiger partial charge in [0.15, 0.2) is 0 Å².